The van der Waals surface area contributed by atoms with Crippen LogP contribution in [0.2, 0.25) is 0 Å². The van der Waals surface area contributed by atoms with Crippen molar-refractivity contribution in [2.24, 2.45) is 10.9 Å². The van der Waals surface area contributed by atoms with E-state index in [4.69, 9.17) is 4.99 Å². The SMILES string of the molecule is CC(CN(C)C)NC1=NC2CCCCC2CS1. The van der Waals surface area contributed by atoms with E-state index in [-0.39, 0.29) is 0 Å². The molecule has 1 fully saturated rings. The predicted octanol–water partition coefficient (Wildman–Crippen LogP) is 2.19. The largest absolute Gasteiger partial charge is 0.361 e. The molecule has 3 unspecified atom stereocenters. The highest BCUT2D eigenvalue weighted by Crippen LogP contribution is 2.33. The molecule has 0 aromatic rings. The lowest BCUT2D eigenvalue weighted by molar-refractivity contribution is 0.333. The van der Waals surface area contributed by atoms with Crippen molar-refractivity contribution in [3.63, 3.8) is 0 Å². The Bertz CT molecular complexity index is 278. The number of likely N-dealkylation sites (N-methyl/N-ethyl adjacent to an activating group) is 1. The van der Waals surface area contributed by atoms with E-state index in [9.17, 15) is 0 Å². The van der Waals surface area contributed by atoms with E-state index in [1.54, 1.807) is 0 Å². The molecule has 0 aromatic carbocycles. The fourth-order valence-electron chi connectivity index (χ4n) is 2.81. The van der Waals surface area contributed by atoms with Gasteiger partial charge >= 0.3 is 0 Å². The second-order valence-corrected chi connectivity index (χ2v) is 6.67. The van der Waals surface area contributed by atoms with Crippen LogP contribution in [0.5, 0.6) is 0 Å². The minimum absolute atomic E-state index is 0.483. The van der Waals surface area contributed by atoms with Crippen LogP contribution < -0.4 is 5.32 Å². The molecule has 0 spiro atoms. The van der Waals surface area contributed by atoms with Crippen LogP contribution in [0.15, 0.2) is 4.99 Å². The normalized spacial score (nSPS) is 30.7. The third-order valence-electron chi connectivity index (χ3n) is 3.60. The van der Waals surface area contributed by atoms with Gasteiger partial charge in [0, 0.05) is 18.3 Å². The van der Waals surface area contributed by atoms with Crippen LogP contribution in [-0.4, -0.2) is 48.5 Å². The summed E-state index contributed by atoms with van der Waals surface area (Å²) in [4.78, 5) is 7.12. The van der Waals surface area contributed by atoms with E-state index in [0.717, 1.165) is 12.5 Å². The molecule has 2 rings (SSSR count). The number of nitrogens with one attached hydrogen (secondary N) is 1. The molecular weight excluding hydrogens is 230 g/mol. The Hall–Kier alpha value is -0.220. The molecule has 3 atom stereocenters. The fraction of sp³-hybridized carbons (Fsp3) is 0.923. The van der Waals surface area contributed by atoms with Gasteiger partial charge in [0.25, 0.3) is 0 Å². The first-order valence-electron chi connectivity index (χ1n) is 6.77. The predicted molar refractivity (Wildman–Crippen MR) is 76.8 cm³/mol. The number of aliphatic imine (C=N–C) groups is 1. The van der Waals surface area contributed by atoms with Crippen LogP contribution in [0.1, 0.15) is 32.6 Å². The standard InChI is InChI=1S/C13H25N3S/c1-10(8-16(2)3)14-13-15-12-7-5-4-6-11(12)9-17-13/h10-12H,4-9H2,1-3H3,(H,14,15). The molecule has 3 nitrogen and oxygen atoms in total. The molecule has 1 saturated carbocycles. The second kappa shape index (κ2) is 6.10. The Labute approximate surface area is 109 Å². The average molecular weight is 255 g/mol. The summed E-state index contributed by atoms with van der Waals surface area (Å²) in [6.07, 6.45) is 5.48. The monoisotopic (exact) mass is 255 g/mol. The van der Waals surface area contributed by atoms with E-state index in [1.807, 2.05) is 11.8 Å². The summed E-state index contributed by atoms with van der Waals surface area (Å²) in [7, 11) is 4.23. The highest BCUT2D eigenvalue weighted by molar-refractivity contribution is 8.13. The maximum atomic E-state index is 4.90. The molecule has 1 aliphatic carbocycles. The molecule has 0 radical (unpaired) electrons. The van der Waals surface area contributed by atoms with Gasteiger partial charge in [0.15, 0.2) is 5.17 Å². The zero-order valence-corrected chi connectivity index (χ0v) is 12.1. The highest BCUT2D eigenvalue weighted by atomic mass is 32.2. The number of nitrogens with zero attached hydrogens (tertiary/aromatic N) is 2. The van der Waals surface area contributed by atoms with Gasteiger partial charge in [0.2, 0.25) is 0 Å². The van der Waals surface area contributed by atoms with Crippen LogP contribution in [-0.2, 0) is 0 Å². The number of amidine groups is 1. The molecule has 1 aliphatic heterocycles. The van der Waals surface area contributed by atoms with E-state index in [0.29, 0.717) is 12.1 Å². The summed E-state index contributed by atoms with van der Waals surface area (Å²) >= 11 is 1.92. The summed E-state index contributed by atoms with van der Waals surface area (Å²) < 4.78 is 0. The fourth-order valence-corrected chi connectivity index (χ4v) is 4.06. The zero-order valence-electron chi connectivity index (χ0n) is 11.3. The average Bonchev–Trinajstić information content (AvgIpc) is 2.27. The number of thioether (sulfide) groups is 1. The van der Waals surface area contributed by atoms with Crippen molar-refractivity contribution in [3.05, 3.63) is 0 Å². The van der Waals surface area contributed by atoms with Crippen molar-refractivity contribution in [2.45, 2.75) is 44.7 Å². The van der Waals surface area contributed by atoms with Gasteiger partial charge in [-0.2, -0.15) is 0 Å². The zero-order chi connectivity index (χ0) is 12.3. The maximum Gasteiger partial charge on any atom is 0.157 e. The van der Waals surface area contributed by atoms with E-state index < -0.39 is 0 Å². The van der Waals surface area contributed by atoms with Gasteiger partial charge in [0.1, 0.15) is 0 Å². The summed E-state index contributed by atoms with van der Waals surface area (Å²) in [5.41, 5.74) is 0. The first kappa shape index (κ1) is 13.2. The highest BCUT2D eigenvalue weighted by Gasteiger charge is 2.29. The van der Waals surface area contributed by atoms with Gasteiger partial charge in [-0.3, -0.25) is 4.99 Å². The van der Waals surface area contributed by atoms with Crippen molar-refractivity contribution in [3.8, 4) is 0 Å². The number of fused-ring (bicyclic) bond motifs is 1. The van der Waals surface area contributed by atoms with Gasteiger partial charge in [-0.1, -0.05) is 24.6 Å². The third kappa shape index (κ3) is 3.88. The number of hydrogen-bond donors (Lipinski definition) is 1. The van der Waals surface area contributed by atoms with Crippen molar-refractivity contribution in [1.29, 1.82) is 0 Å². The Kier molecular flexibility index (Phi) is 4.74. The lowest BCUT2D eigenvalue weighted by Crippen LogP contribution is -2.41. The van der Waals surface area contributed by atoms with Crippen LogP contribution in [0, 0.1) is 5.92 Å². The Morgan fingerprint density at radius 2 is 2.18 bits per heavy atom. The molecular formula is C13H25N3S. The minimum Gasteiger partial charge on any atom is -0.361 e. The van der Waals surface area contributed by atoms with E-state index in [1.165, 1.54) is 36.6 Å². The maximum absolute atomic E-state index is 4.90. The first-order chi connectivity index (χ1) is 8.15. The molecule has 4 heteroatoms. The van der Waals surface area contributed by atoms with Crippen LogP contribution in [0.25, 0.3) is 0 Å². The second-order valence-electron chi connectivity index (χ2n) is 5.66. The molecule has 1 heterocycles. The molecule has 0 bridgehead atoms. The Morgan fingerprint density at radius 1 is 1.41 bits per heavy atom. The van der Waals surface area contributed by atoms with Gasteiger partial charge in [-0.05, 0) is 39.8 Å². The molecule has 98 valence electrons. The van der Waals surface area contributed by atoms with Crippen molar-refractivity contribution in [1.82, 2.24) is 10.2 Å². The summed E-state index contributed by atoms with van der Waals surface area (Å²) in [5.74, 6) is 2.12. The lowest BCUT2D eigenvalue weighted by atomic mass is 9.86. The van der Waals surface area contributed by atoms with Gasteiger partial charge in [0.05, 0.1) is 6.04 Å². The quantitative estimate of drug-likeness (QED) is 0.838. The molecule has 1 N–H and O–H groups in total. The van der Waals surface area contributed by atoms with Gasteiger partial charge < -0.3 is 10.2 Å². The number of hydrogen-bond acceptors (Lipinski definition) is 4. The lowest BCUT2D eigenvalue weighted by Gasteiger charge is -2.33. The van der Waals surface area contributed by atoms with Crippen molar-refractivity contribution in [2.75, 3.05) is 26.4 Å². The summed E-state index contributed by atoms with van der Waals surface area (Å²) in [5, 5.41) is 4.74. The van der Waals surface area contributed by atoms with E-state index >= 15 is 0 Å². The summed E-state index contributed by atoms with van der Waals surface area (Å²) in [6, 6.07) is 1.09. The Morgan fingerprint density at radius 3 is 2.94 bits per heavy atom. The molecule has 0 aromatic heterocycles. The Balaban J connectivity index is 1.86. The van der Waals surface area contributed by atoms with Crippen molar-refractivity contribution < 1.29 is 0 Å². The van der Waals surface area contributed by atoms with Crippen LogP contribution in [0.3, 0.4) is 0 Å². The van der Waals surface area contributed by atoms with Gasteiger partial charge in [-0.25, -0.2) is 0 Å². The minimum atomic E-state index is 0.483. The van der Waals surface area contributed by atoms with Crippen molar-refractivity contribution >= 4 is 16.9 Å². The molecule has 17 heavy (non-hydrogen) atoms. The topological polar surface area (TPSA) is 27.6 Å². The smallest absolute Gasteiger partial charge is 0.157 e. The molecule has 0 amide bonds. The first-order valence-corrected chi connectivity index (χ1v) is 7.75. The van der Waals surface area contributed by atoms with Crippen LogP contribution in [0.4, 0.5) is 0 Å². The summed E-state index contributed by atoms with van der Waals surface area (Å²) in [6.45, 7) is 3.30. The third-order valence-corrected chi connectivity index (χ3v) is 4.69. The van der Waals surface area contributed by atoms with E-state index in [2.05, 4.69) is 31.2 Å². The molecule has 2 aliphatic rings. The van der Waals surface area contributed by atoms with Crippen LogP contribution >= 0.6 is 11.8 Å². The molecule has 0 saturated heterocycles. The van der Waals surface area contributed by atoms with Gasteiger partial charge in [-0.15, -0.1) is 0 Å². The number of rotatable bonds is 3.